The van der Waals surface area contributed by atoms with Crippen LogP contribution in [0.4, 0.5) is 11.9 Å². The SMILES string of the molecule is Nc1nc(N)nc(CN2CCc3ccccc3C2Cc2ccccc2)n1. The molecule has 1 aromatic heterocycles. The number of anilines is 2. The standard InChI is InChI=1S/C20H22N6/c21-19-23-18(24-20(22)25-19)13-26-11-10-15-8-4-5-9-16(15)17(26)12-14-6-2-1-3-7-14/h1-9,17H,10-13H2,(H4,21,22,23,24,25). The summed E-state index contributed by atoms with van der Waals surface area (Å²) < 4.78 is 0. The highest BCUT2D eigenvalue weighted by Gasteiger charge is 2.28. The quantitative estimate of drug-likeness (QED) is 0.753. The molecule has 6 heteroatoms. The molecule has 1 atom stereocenters. The van der Waals surface area contributed by atoms with E-state index >= 15 is 0 Å². The van der Waals surface area contributed by atoms with Gasteiger partial charge in [0.1, 0.15) is 5.82 Å². The number of hydrogen-bond donors (Lipinski definition) is 2. The third-order valence-electron chi connectivity index (χ3n) is 4.86. The van der Waals surface area contributed by atoms with Crippen LogP contribution in [-0.2, 0) is 19.4 Å². The Labute approximate surface area is 152 Å². The summed E-state index contributed by atoms with van der Waals surface area (Å²) in [5.41, 5.74) is 15.6. The first-order valence-electron chi connectivity index (χ1n) is 8.81. The summed E-state index contributed by atoms with van der Waals surface area (Å²) in [4.78, 5) is 14.8. The summed E-state index contributed by atoms with van der Waals surface area (Å²) >= 11 is 0. The van der Waals surface area contributed by atoms with E-state index in [1.54, 1.807) is 0 Å². The minimum Gasteiger partial charge on any atom is -0.368 e. The minimum absolute atomic E-state index is 0.171. The van der Waals surface area contributed by atoms with Crippen LogP contribution in [0.15, 0.2) is 54.6 Å². The molecule has 132 valence electrons. The van der Waals surface area contributed by atoms with Gasteiger partial charge < -0.3 is 11.5 Å². The number of fused-ring (bicyclic) bond motifs is 1. The van der Waals surface area contributed by atoms with Gasteiger partial charge in [-0.1, -0.05) is 54.6 Å². The van der Waals surface area contributed by atoms with E-state index < -0.39 is 0 Å². The van der Waals surface area contributed by atoms with Crippen LogP contribution in [0.2, 0.25) is 0 Å². The van der Waals surface area contributed by atoms with Gasteiger partial charge >= 0.3 is 0 Å². The minimum atomic E-state index is 0.171. The van der Waals surface area contributed by atoms with E-state index in [0.717, 1.165) is 19.4 Å². The predicted octanol–water partition coefficient (Wildman–Crippen LogP) is 2.38. The van der Waals surface area contributed by atoms with Crippen LogP contribution in [0.25, 0.3) is 0 Å². The molecule has 1 unspecified atom stereocenters. The average molecular weight is 346 g/mol. The summed E-state index contributed by atoms with van der Waals surface area (Å²) in [6, 6.07) is 19.5. The van der Waals surface area contributed by atoms with Crippen molar-refractivity contribution in [2.24, 2.45) is 0 Å². The first kappa shape index (κ1) is 16.5. The molecule has 6 nitrogen and oxygen atoms in total. The lowest BCUT2D eigenvalue weighted by molar-refractivity contribution is 0.170. The van der Waals surface area contributed by atoms with Gasteiger partial charge in [-0.05, 0) is 29.5 Å². The van der Waals surface area contributed by atoms with E-state index in [1.165, 1.54) is 16.7 Å². The highest BCUT2D eigenvalue weighted by molar-refractivity contribution is 5.34. The Bertz CT molecular complexity index is 876. The lowest BCUT2D eigenvalue weighted by atomic mass is 9.88. The number of rotatable bonds is 4. The Kier molecular flexibility index (Phi) is 4.50. The van der Waals surface area contributed by atoms with Gasteiger partial charge in [0.05, 0.1) is 6.54 Å². The molecule has 0 bridgehead atoms. The van der Waals surface area contributed by atoms with E-state index in [9.17, 15) is 0 Å². The van der Waals surface area contributed by atoms with Crippen molar-refractivity contribution in [2.45, 2.75) is 25.4 Å². The fraction of sp³-hybridized carbons (Fsp3) is 0.250. The van der Waals surface area contributed by atoms with Gasteiger partial charge in [-0.2, -0.15) is 15.0 Å². The molecule has 0 saturated heterocycles. The smallest absolute Gasteiger partial charge is 0.225 e. The number of nitrogen functional groups attached to an aromatic ring is 2. The van der Waals surface area contributed by atoms with Crippen LogP contribution in [0.3, 0.4) is 0 Å². The van der Waals surface area contributed by atoms with Crippen LogP contribution in [0.1, 0.15) is 28.6 Å². The van der Waals surface area contributed by atoms with E-state index in [4.69, 9.17) is 11.5 Å². The van der Waals surface area contributed by atoms with Gasteiger partial charge in [0.2, 0.25) is 11.9 Å². The molecule has 26 heavy (non-hydrogen) atoms. The zero-order valence-corrected chi connectivity index (χ0v) is 14.5. The summed E-state index contributed by atoms with van der Waals surface area (Å²) in [6.07, 6.45) is 1.95. The molecule has 2 aromatic carbocycles. The Hall–Kier alpha value is -2.99. The summed E-state index contributed by atoms with van der Waals surface area (Å²) in [5.74, 6) is 0.960. The topological polar surface area (TPSA) is 93.9 Å². The summed E-state index contributed by atoms with van der Waals surface area (Å²) in [5, 5.41) is 0. The molecule has 0 fully saturated rings. The van der Waals surface area contributed by atoms with Gasteiger partial charge in [0.15, 0.2) is 0 Å². The third-order valence-corrected chi connectivity index (χ3v) is 4.86. The fourth-order valence-electron chi connectivity index (χ4n) is 3.68. The van der Waals surface area contributed by atoms with Crippen molar-refractivity contribution in [1.29, 1.82) is 0 Å². The Balaban J connectivity index is 1.66. The molecule has 0 radical (unpaired) electrons. The second kappa shape index (κ2) is 7.09. The van der Waals surface area contributed by atoms with Crippen LogP contribution in [0.5, 0.6) is 0 Å². The second-order valence-corrected chi connectivity index (χ2v) is 6.59. The molecule has 3 aromatic rings. The van der Waals surface area contributed by atoms with Crippen LogP contribution in [0, 0.1) is 0 Å². The predicted molar refractivity (Wildman–Crippen MR) is 102 cm³/mol. The maximum Gasteiger partial charge on any atom is 0.225 e. The second-order valence-electron chi connectivity index (χ2n) is 6.59. The number of benzene rings is 2. The van der Waals surface area contributed by atoms with Gasteiger partial charge in [-0.15, -0.1) is 0 Å². The van der Waals surface area contributed by atoms with Crippen molar-refractivity contribution in [1.82, 2.24) is 19.9 Å². The van der Waals surface area contributed by atoms with Crippen molar-refractivity contribution < 1.29 is 0 Å². The number of nitrogens with two attached hydrogens (primary N) is 2. The molecular formula is C20H22N6. The monoisotopic (exact) mass is 346 g/mol. The van der Waals surface area contributed by atoms with Crippen molar-refractivity contribution >= 4 is 11.9 Å². The molecule has 2 heterocycles. The van der Waals surface area contributed by atoms with Crippen molar-refractivity contribution in [2.75, 3.05) is 18.0 Å². The molecule has 1 aliphatic rings. The Morgan fingerprint density at radius 2 is 1.58 bits per heavy atom. The maximum atomic E-state index is 5.74. The molecule has 0 aliphatic carbocycles. The van der Waals surface area contributed by atoms with E-state index in [2.05, 4.69) is 68.4 Å². The molecule has 4 rings (SSSR count). The lowest BCUT2D eigenvalue weighted by Crippen LogP contribution is -2.36. The lowest BCUT2D eigenvalue weighted by Gasteiger charge is -2.37. The average Bonchev–Trinajstić information content (AvgIpc) is 2.64. The van der Waals surface area contributed by atoms with Crippen molar-refractivity contribution in [3.05, 3.63) is 77.1 Å². The summed E-state index contributed by atoms with van der Waals surface area (Å²) in [6.45, 7) is 1.54. The van der Waals surface area contributed by atoms with E-state index in [0.29, 0.717) is 12.4 Å². The zero-order valence-electron chi connectivity index (χ0n) is 14.5. The molecule has 0 amide bonds. The number of nitrogens with zero attached hydrogens (tertiary/aromatic N) is 4. The van der Waals surface area contributed by atoms with Crippen LogP contribution < -0.4 is 11.5 Å². The number of hydrogen-bond acceptors (Lipinski definition) is 6. The third kappa shape index (κ3) is 3.50. The van der Waals surface area contributed by atoms with Gasteiger partial charge in [0.25, 0.3) is 0 Å². The van der Waals surface area contributed by atoms with Crippen molar-refractivity contribution in [3.8, 4) is 0 Å². The van der Waals surface area contributed by atoms with E-state index in [1.807, 2.05) is 6.07 Å². The maximum absolute atomic E-state index is 5.74. The highest BCUT2D eigenvalue weighted by Crippen LogP contribution is 2.33. The van der Waals surface area contributed by atoms with Crippen LogP contribution >= 0.6 is 0 Å². The Morgan fingerprint density at radius 3 is 2.35 bits per heavy atom. The molecule has 0 saturated carbocycles. The largest absolute Gasteiger partial charge is 0.368 e. The first-order valence-corrected chi connectivity index (χ1v) is 8.81. The van der Waals surface area contributed by atoms with Crippen LogP contribution in [-0.4, -0.2) is 26.4 Å². The highest BCUT2D eigenvalue weighted by atomic mass is 15.2. The molecule has 1 aliphatic heterocycles. The zero-order chi connectivity index (χ0) is 17.9. The van der Waals surface area contributed by atoms with Gasteiger partial charge in [-0.25, -0.2) is 0 Å². The van der Waals surface area contributed by atoms with E-state index in [-0.39, 0.29) is 17.9 Å². The molecule has 4 N–H and O–H groups in total. The summed E-state index contributed by atoms with van der Waals surface area (Å²) in [7, 11) is 0. The molecular weight excluding hydrogens is 324 g/mol. The molecule has 0 spiro atoms. The van der Waals surface area contributed by atoms with Crippen molar-refractivity contribution in [3.63, 3.8) is 0 Å². The number of aromatic nitrogens is 3. The Morgan fingerprint density at radius 1 is 0.885 bits per heavy atom. The normalized spacial score (nSPS) is 17.0. The van der Waals surface area contributed by atoms with Gasteiger partial charge in [-0.3, -0.25) is 4.90 Å². The first-order chi connectivity index (χ1) is 12.7. The van der Waals surface area contributed by atoms with Gasteiger partial charge in [0, 0.05) is 12.6 Å². The fourth-order valence-corrected chi connectivity index (χ4v) is 3.68.